The first-order valence-corrected chi connectivity index (χ1v) is 8.89. The predicted octanol–water partition coefficient (Wildman–Crippen LogP) is 4.57. The topological polar surface area (TPSA) is 47.6 Å². The molecule has 1 atom stereocenters. The standard InChI is InChI=1S/C23H21NO3/c1-26-17-11-7-15(8-12-17)21(16-9-13-18(27-2)14-10-16)22-19-5-3-4-6-20(19)24-23(22)25/h3-14,21-22H,1-2H3,(H,24,25). The van der Waals surface area contributed by atoms with E-state index in [2.05, 4.69) is 5.32 Å². The van der Waals surface area contributed by atoms with Gasteiger partial charge in [0, 0.05) is 11.6 Å². The van der Waals surface area contributed by atoms with Crippen LogP contribution in [0.1, 0.15) is 28.5 Å². The van der Waals surface area contributed by atoms with Gasteiger partial charge in [-0.15, -0.1) is 0 Å². The highest BCUT2D eigenvalue weighted by atomic mass is 16.5. The van der Waals surface area contributed by atoms with Crippen LogP contribution < -0.4 is 14.8 Å². The number of fused-ring (bicyclic) bond motifs is 1. The number of carbonyl (C=O) groups excluding carboxylic acids is 1. The van der Waals surface area contributed by atoms with Crippen LogP contribution in [0.5, 0.6) is 11.5 Å². The normalized spacial score (nSPS) is 15.4. The van der Waals surface area contributed by atoms with Crippen molar-refractivity contribution in [2.45, 2.75) is 11.8 Å². The summed E-state index contributed by atoms with van der Waals surface area (Å²) in [5, 5.41) is 3.02. The van der Waals surface area contributed by atoms with Gasteiger partial charge < -0.3 is 14.8 Å². The Balaban J connectivity index is 1.83. The number of hydrogen-bond acceptors (Lipinski definition) is 3. The Morgan fingerprint density at radius 2 is 1.30 bits per heavy atom. The smallest absolute Gasteiger partial charge is 0.232 e. The van der Waals surface area contributed by atoms with Gasteiger partial charge in [-0.3, -0.25) is 4.79 Å². The third kappa shape index (κ3) is 3.14. The third-order valence-electron chi connectivity index (χ3n) is 5.12. The van der Waals surface area contributed by atoms with Crippen molar-refractivity contribution < 1.29 is 14.3 Å². The lowest BCUT2D eigenvalue weighted by atomic mass is 9.78. The molecule has 0 saturated carbocycles. The summed E-state index contributed by atoms with van der Waals surface area (Å²) in [5.41, 5.74) is 4.05. The van der Waals surface area contributed by atoms with Crippen molar-refractivity contribution in [3.8, 4) is 11.5 Å². The highest BCUT2D eigenvalue weighted by molar-refractivity contribution is 6.03. The highest BCUT2D eigenvalue weighted by Crippen LogP contribution is 2.45. The second-order valence-electron chi connectivity index (χ2n) is 6.58. The molecule has 3 aromatic rings. The number of hydrogen-bond donors (Lipinski definition) is 1. The van der Waals surface area contributed by atoms with E-state index in [9.17, 15) is 4.79 Å². The number of rotatable bonds is 5. The zero-order chi connectivity index (χ0) is 18.8. The van der Waals surface area contributed by atoms with Crippen LogP contribution in [-0.4, -0.2) is 20.1 Å². The van der Waals surface area contributed by atoms with Gasteiger partial charge in [-0.2, -0.15) is 0 Å². The molecule has 1 N–H and O–H groups in total. The molecular weight excluding hydrogens is 338 g/mol. The lowest BCUT2D eigenvalue weighted by Crippen LogP contribution is -2.20. The van der Waals surface area contributed by atoms with E-state index in [-0.39, 0.29) is 17.7 Å². The fourth-order valence-electron chi connectivity index (χ4n) is 3.76. The third-order valence-corrected chi connectivity index (χ3v) is 5.12. The number of methoxy groups -OCH3 is 2. The quantitative estimate of drug-likeness (QED) is 0.726. The Labute approximate surface area is 158 Å². The largest absolute Gasteiger partial charge is 0.497 e. The molecular formula is C23H21NO3. The van der Waals surface area contributed by atoms with Crippen molar-refractivity contribution in [1.82, 2.24) is 0 Å². The molecule has 0 aromatic heterocycles. The van der Waals surface area contributed by atoms with Crippen molar-refractivity contribution in [3.05, 3.63) is 89.5 Å². The van der Waals surface area contributed by atoms with Crippen LogP contribution in [0.2, 0.25) is 0 Å². The molecule has 0 spiro atoms. The van der Waals surface area contributed by atoms with Crippen LogP contribution in [-0.2, 0) is 4.79 Å². The fraction of sp³-hybridized carbons (Fsp3) is 0.174. The van der Waals surface area contributed by atoms with Crippen LogP contribution in [0.25, 0.3) is 0 Å². The van der Waals surface area contributed by atoms with Gasteiger partial charge in [0.25, 0.3) is 0 Å². The van der Waals surface area contributed by atoms with Crippen LogP contribution >= 0.6 is 0 Å². The molecule has 136 valence electrons. The van der Waals surface area contributed by atoms with Gasteiger partial charge in [0.1, 0.15) is 11.5 Å². The molecule has 27 heavy (non-hydrogen) atoms. The lowest BCUT2D eigenvalue weighted by Gasteiger charge is -2.24. The molecule has 4 nitrogen and oxygen atoms in total. The Bertz CT molecular complexity index is 901. The Morgan fingerprint density at radius 3 is 1.81 bits per heavy atom. The molecule has 1 aliphatic rings. The molecule has 3 aromatic carbocycles. The average molecular weight is 359 g/mol. The van der Waals surface area contributed by atoms with Gasteiger partial charge in [0.2, 0.25) is 5.91 Å². The van der Waals surface area contributed by atoms with Gasteiger partial charge in [0.15, 0.2) is 0 Å². The summed E-state index contributed by atoms with van der Waals surface area (Å²) in [6, 6.07) is 23.8. The van der Waals surface area contributed by atoms with Crippen molar-refractivity contribution in [3.63, 3.8) is 0 Å². The first-order valence-electron chi connectivity index (χ1n) is 8.89. The summed E-state index contributed by atoms with van der Waals surface area (Å²) in [4.78, 5) is 12.9. The number of benzene rings is 3. The van der Waals surface area contributed by atoms with Gasteiger partial charge in [-0.1, -0.05) is 42.5 Å². The predicted molar refractivity (Wildman–Crippen MR) is 106 cm³/mol. The van der Waals surface area contributed by atoms with Gasteiger partial charge in [0.05, 0.1) is 20.1 Å². The summed E-state index contributed by atoms with van der Waals surface area (Å²) >= 11 is 0. The van der Waals surface area contributed by atoms with Crippen molar-refractivity contribution in [1.29, 1.82) is 0 Å². The number of anilines is 1. The monoisotopic (exact) mass is 359 g/mol. The van der Waals surface area contributed by atoms with Crippen molar-refractivity contribution in [2.75, 3.05) is 19.5 Å². The number of nitrogens with one attached hydrogen (secondary N) is 1. The van der Waals surface area contributed by atoms with Gasteiger partial charge >= 0.3 is 0 Å². The average Bonchev–Trinajstić information content (AvgIpc) is 3.05. The fourth-order valence-corrected chi connectivity index (χ4v) is 3.76. The van der Waals surface area contributed by atoms with E-state index in [0.29, 0.717) is 0 Å². The first-order chi connectivity index (χ1) is 13.2. The Hall–Kier alpha value is -3.27. The lowest BCUT2D eigenvalue weighted by molar-refractivity contribution is -0.117. The summed E-state index contributed by atoms with van der Waals surface area (Å²) in [7, 11) is 3.30. The minimum Gasteiger partial charge on any atom is -0.497 e. The maximum Gasteiger partial charge on any atom is 0.232 e. The highest BCUT2D eigenvalue weighted by Gasteiger charge is 2.38. The number of carbonyl (C=O) groups is 1. The first kappa shape index (κ1) is 17.2. The summed E-state index contributed by atoms with van der Waals surface area (Å²) in [5.74, 6) is 1.22. The minimum absolute atomic E-state index is 0.0211. The minimum atomic E-state index is -0.289. The maximum absolute atomic E-state index is 12.9. The number of ether oxygens (including phenoxy) is 2. The molecule has 0 saturated heterocycles. The molecule has 1 unspecified atom stereocenters. The summed E-state index contributed by atoms with van der Waals surface area (Å²) in [6.45, 7) is 0. The van der Waals surface area contributed by atoms with Crippen LogP contribution in [0.4, 0.5) is 5.69 Å². The zero-order valence-corrected chi connectivity index (χ0v) is 15.3. The van der Waals surface area contributed by atoms with E-state index >= 15 is 0 Å². The van der Waals surface area contributed by atoms with Crippen LogP contribution in [0, 0.1) is 0 Å². The van der Waals surface area contributed by atoms with E-state index in [1.807, 2.05) is 72.8 Å². The van der Waals surface area contributed by atoms with Crippen molar-refractivity contribution >= 4 is 11.6 Å². The number of para-hydroxylation sites is 1. The molecule has 1 amide bonds. The summed E-state index contributed by atoms with van der Waals surface area (Å²) in [6.07, 6.45) is 0. The zero-order valence-electron chi connectivity index (χ0n) is 15.3. The van der Waals surface area contributed by atoms with Crippen LogP contribution in [0.3, 0.4) is 0 Å². The molecule has 0 bridgehead atoms. The number of amides is 1. The molecule has 0 aliphatic carbocycles. The maximum atomic E-state index is 12.9. The molecule has 4 heteroatoms. The summed E-state index contributed by atoms with van der Waals surface area (Å²) < 4.78 is 10.6. The van der Waals surface area contributed by atoms with E-state index in [1.54, 1.807) is 14.2 Å². The molecule has 0 radical (unpaired) electrons. The van der Waals surface area contributed by atoms with E-state index in [1.165, 1.54) is 0 Å². The second-order valence-corrected chi connectivity index (χ2v) is 6.58. The second kappa shape index (κ2) is 7.16. The molecule has 1 heterocycles. The van der Waals surface area contributed by atoms with Crippen LogP contribution in [0.15, 0.2) is 72.8 Å². The Kier molecular flexibility index (Phi) is 4.55. The molecule has 0 fully saturated rings. The molecule has 4 rings (SSSR count). The van der Waals surface area contributed by atoms with Gasteiger partial charge in [-0.05, 0) is 47.0 Å². The van der Waals surface area contributed by atoms with E-state index < -0.39 is 0 Å². The molecule has 1 aliphatic heterocycles. The Morgan fingerprint density at radius 1 is 0.778 bits per heavy atom. The van der Waals surface area contributed by atoms with E-state index in [0.717, 1.165) is 33.9 Å². The van der Waals surface area contributed by atoms with E-state index in [4.69, 9.17) is 9.47 Å². The van der Waals surface area contributed by atoms with Crippen molar-refractivity contribution in [2.24, 2.45) is 0 Å². The SMILES string of the molecule is COc1ccc(C(c2ccc(OC)cc2)C2C(=O)Nc3ccccc32)cc1. The van der Waals surface area contributed by atoms with Gasteiger partial charge in [-0.25, -0.2) is 0 Å².